The van der Waals surface area contributed by atoms with E-state index in [1.165, 1.54) is 4.90 Å². The third kappa shape index (κ3) is 2.65. The van der Waals surface area contributed by atoms with E-state index in [2.05, 4.69) is 0 Å². The van der Waals surface area contributed by atoms with Gasteiger partial charge in [0.2, 0.25) is 5.91 Å². The molecule has 1 unspecified atom stereocenters. The third-order valence-electron chi connectivity index (χ3n) is 2.19. The Morgan fingerprint density at radius 2 is 2.23 bits per heavy atom. The zero-order valence-corrected chi connectivity index (χ0v) is 7.39. The predicted molar refractivity (Wildman–Crippen MR) is 44.9 cm³/mol. The molecule has 0 spiro atoms. The maximum atomic E-state index is 11.2. The summed E-state index contributed by atoms with van der Waals surface area (Å²) in [6.45, 7) is 0.295. The zero-order valence-electron chi connectivity index (χ0n) is 7.39. The first kappa shape index (κ1) is 10.4. The SMILES string of the molecule is O=C1CC(CO)CN1C[C@@H](O)CO. The molecular formula is C8H15NO4. The van der Waals surface area contributed by atoms with E-state index in [9.17, 15) is 4.79 Å². The second kappa shape index (κ2) is 4.55. The molecule has 1 heterocycles. The van der Waals surface area contributed by atoms with Gasteiger partial charge in [-0.2, -0.15) is 0 Å². The minimum Gasteiger partial charge on any atom is -0.396 e. The van der Waals surface area contributed by atoms with Crippen LogP contribution in [0.4, 0.5) is 0 Å². The van der Waals surface area contributed by atoms with Crippen LogP contribution in [-0.2, 0) is 4.79 Å². The first-order valence-electron chi connectivity index (χ1n) is 4.35. The van der Waals surface area contributed by atoms with Gasteiger partial charge in [0.25, 0.3) is 0 Å². The number of nitrogens with zero attached hydrogens (tertiary/aromatic N) is 1. The molecule has 1 aliphatic rings. The molecule has 1 rings (SSSR count). The van der Waals surface area contributed by atoms with Crippen molar-refractivity contribution in [1.29, 1.82) is 0 Å². The van der Waals surface area contributed by atoms with Crippen molar-refractivity contribution in [3.63, 3.8) is 0 Å². The number of hydrogen-bond donors (Lipinski definition) is 3. The van der Waals surface area contributed by atoms with Crippen LogP contribution < -0.4 is 0 Å². The molecule has 5 heteroatoms. The third-order valence-corrected chi connectivity index (χ3v) is 2.19. The number of β-amino-alcohol motifs (C(OH)–C–C–N with tert-alkyl or cyclic N) is 1. The van der Waals surface area contributed by atoms with E-state index in [0.717, 1.165) is 0 Å². The van der Waals surface area contributed by atoms with Gasteiger partial charge in [-0.25, -0.2) is 0 Å². The van der Waals surface area contributed by atoms with Crippen LogP contribution in [0.3, 0.4) is 0 Å². The molecular weight excluding hydrogens is 174 g/mol. The monoisotopic (exact) mass is 189 g/mol. The molecule has 0 aromatic heterocycles. The number of carbonyl (C=O) groups is 1. The molecule has 0 bridgehead atoms. The van der Waals surface area contributed by atoms with Gasteiger partial charge in [-0.05, 0) is 0 Å². The summed E-state index contributed by atoms with van der Waals surface area (Å²) in [7, 11) is 0. The Bertz CT molecular complexity index is 185. The van der Waals surface area contributed by atoms with Crippen LogP contribution in [0.2, 0.25) is 0 Å². The molecule has 5 nitrogen and oxygen atoms in total. The van der Waals surface area contributed by atoms with Gasteiger partial charge in [0.05, 0.1) is 12.7 Å². The number of likely N-dealkylation sites (tertiary alicyclic amines) is 1. The Morgan fingerprint density at radius 1 is 1.54 bits per heavy atom. The second-order valence-corrected chi connectivity index (χ2v) is 3.39. The fourth-order valence-electron chi connectivity index (χ4n) is 1.46. The molecule has 1 aliphatic heterocycles. The summed E-state index contributed by atoms with van der Waals surface area (Å²) in [4.78, 5) is 12.7. The molecule has 76 valence electrons. The summed E-state index contributed by atoms with van der Waals surface area (Å²) in [5, 5.41) is 26.5. The van der Waals surface area contributed by atoms with Crippen LogP contribution in [0.15, 0.2) is 0 Å². The van der Waals surface area contributed by atoms with Gasteiger partial charge in [0.1, 0.15) is 0 Å². The van der Waals surface area contributed by atoms with Gasteiger partial charge < -0.3 is 20.2 Å². The van der Waals surface area contributed by atoms with Crippen molar-refractivity contribution in [2.75, 3.05) is 26.3 Å². The highest BCUT2D eigenvalue weighted by atomic mass is 16.3. The van der Waals surface area contributed by atoms with E-state index >= 15 is 0 Å². The molecule has 0 aliphatic carbocycles. The summed E-state index contributed by atoms with van der Waals surface area (Å²) < 4.78 is 0. The molecule has 0 aromatic rings. The van der Waals surface area contributed by atoms with Crippen LogP contribution in [-0.4, -0.2) is 58.5 Å². The lowest BCUT2D eigenvalue weighted by Gasteiger charge is -2.18. The normalized spacial score (nSPS) is 25.3. The fraction of sp³-hybridized carbons (Fsp3) is 0.875. The van der Waals surface area contributed by atoms with Gasteiger partial charge in [-0.3, -0.25) is 4.79 Å². The van der Waals surface area contributed by atoms with Crippen molar-refractivity contribution < 1.29 is 20.1 Å². The number of amides is 1. The van der Waals surface area contributed by atoms with Crippen molar-refractivity contribution in [3.05, 3.63) is 0 Å². The molecule has 1 fully saturated rings. The molecule has 2 atom stereocenters. The van der Waals surface area contributed by atoms with Crippen molar-refractivity contribution in [3.8, 4) is 0 Å². The lowest BCUT2D eigenvalue weighted by Crippen LogP contribution is -2.35. The quantitative estimate of drug-likeness (QED) is 0.486. The number of rotatable bonds is 4. The van der Waals surface area contributed by atoms with E-state index < -0.39 is 6.10 Å². The van der Waals surface area contributed by atoms with Crippen molar-refractivity contribution in [1.82, 2.24) is 4.90 Å². The molecule has 0 aromatic carbocycles. The largest absolute Gasteiger partial charge is 0.396 e. The van der Waals surface area contributed by atoms with Gasteiger partial charge in [-0.1, -0.05) is 0 Å². The average molecular weight is 189 g/mol. The molecule has 3 N–H and O–H groups in total. The molecule has 1 saturated heterocycles. The number of aliphatic hydroxyl groups is 3. The topological polar surface area (TPSA) is 81.0 Å². The highest BCUT2D eigenvalue weighted by Crippen LogP contribution is 2.16. The Hall–Kier alpha value is -0.650. The minimum absolute atomic E-state index is 0.00252. The highest BCUT2D eigenvalue weighted by Gasteiger charge is 2.29. The smallest absolute Gasteiger partial charge is 0.223 e. The van der Waals surface area contributed by atoms with Crippen molar-refractivity contribution in [2.24, 2.45) is 5.92 Å². The molecule has 0 radical (unpaired) electrons. The van der Waals surface area contributed by atoms with Gasteiger partial charge in [-0.15, -0.1) is 0 Å². The summed E-state index contributed by atoms with van der Waals surface area (Å²) >= 11 is 0. The van der Waals surface area contributed by atoms with Crippen LogP contribution in [0, 0.1) is 5.92 Å². The van der Waals surface area contributed by atoms with Crippen LogP contribution in [0.1, 0.15) is 6.42 Å². The molecule has 1 amide bonds. The van der Waals surface area contributed by atoms with E-state index in [0.29, 0.717) is 13.0 Å². The first-order chi connectivity index (χ1) is 6.17. The Kier molecular flexibility index (Phi) is 3.65. The highest BCUT2D eigenvalue weighted by molar-refractivity contribution is 5.78. The van der Waals surface area contributed by atoms with Gasteiger partial charge >= 0.3 is 0 Å². The van der Waals surface area contributed by atoms with Crippen LogP contribution >= 0.6 is 0 Å². The van der Waals surface area contributed by atoms with E-state index in [-0.39, 0.29) is 31.6 Å². The predicted octanol–water partition coefficient (Wildman–Crippen LogP) is -1.82. The Morgan fingerprint density at radius 3 is 2.69 bits per heavy atom. The van der Waals surface area contributed by atoms with Gasteiger partial charge in [0, 0.05) is 32.0 Å². The molecule has 0 saturated carbocycles. The summed E-state index contributed by atoms with van der Waals surface area (Å²) in [5.74, 6) is -0.0788. The van der Waals surface area contributed by atoms with Crippen molar-refractivity contribution in [2.45, 2.75) is 12.5 Å². The van der Waals surface area contributed by atoms with E-state index in [4.69, 9.17) is 15.3 Å². The fourth-order valence-corrected chi connectivity index (χ4v) is 1.46. The average Bonchev–Trinajstić information content (AvgIpc) is 2.47. The summed E-state index contributed by atoms with van der Waals surface area (Å²) in [6, 6.07) is 0. The Labute approximate surface area is 76.6 Å². The lowest BCUT2D eigenvalue weighted by atomic mass is 10.1. The standard InChI is InChI=1S/C8H15NO4/c10-4-6-1-8(13)9(2-6)3-7(12)5-11/h6-7,10-12H,1-5H2/t6?,7-/m1/s1. The number of aliphatic hydroxyl groups excluding tert-OH is 3. The Balaban J connectivity index is 2.39. The lowest BCUT2D eigenvalue weighted by molar-refractivity contribution is -0.129. The van der Waals surface area contributed by atoms with Crippen LogP contribution in [0.25, 0.3) is 0 Å². The summed E-state index contributed by atoms with van der Waals surface area (Å²) in [5.41, 5.74) is 0. The molecule has 13 heavy (non-hydrogen) atoms. The zero-order chi connectivity index (χ0) is 9.84. The van der Waals surface area contributed by atoms with E-state index in [1.54, 1.807) is 0 Å². The van der Waals surface area contributed by atoms with Crippen LogP contribution in [0.5, 0.6) is 0 Å². The van der Waals surface area contributed by atoms with Gasteiger partial charge in [0.15, 0.2) is 0 Å². The minimum atomic E-state index is -0.874. The van der Waals surface area contributed by atoms with Crippen molar-refractivity contribution >= 4 is 5.91 Å². The number of hydrogen-bond acceptors (Lipinski definition) is 4. The maximum absolute atomic E-state index is 11.2. The summed E-state index contributed by atoms with van der Waals surface area (Å²) in [6.07, 6.45) is -0.532. The second-order valence-electron chi connectivity index (χ2n) is 3.39. The maximum Gasteiger partial charge on any atom is 0.223 e. The first-order valence-corrected chi connectivity index (χ1v) is 4.35. The number of carbonyl (C=O) groups excluding carboxylic acids is 1. The van der Waals surface area contributed by atoms with E-state index in [1.807, 2.05) is 0 Å².